The van der Waals surface area contributed by atoms with Crippen LogP contribution in [0.2, 0.25) is 0 Å². The third-order valence-electron chi connectivity index (χ3n) is 2.88. The van der Waals surface area contributed by atoms with Crippen molar-refractivity contribution in [2.45, 2.75) is 18.2 Å². The van der Waals surface area contributed by atoms with Crippen LogP contribution in [-0.4, -0.2) is 23.7 Å². The first-order valence-electron chi connectivity index (χ1n) is 5.41. The van der Waals surface area contributed by atoms with E-state index in [1.54, 1.807) is 0 Å². The number of hydrogen-bond donors (Lipinski definition) is 0. The molecule has 0 radical (unpaired) electrons. The summed E-state index contributed by atoms with van der Waals surface area (Å²) in [5.41, 5.74) is -1.30. The molecule has 0 amide bonds. The average Bonchev–Trinajstić information content (AvgIpc) is 2.71. The van der Waals surface area contributed by atoms with Crippen LogP contribution in [0.15, 0.2) is 24.3 Å². The quantitative estimate of drug-likeness (QED) is 0.628. The maximum atomic E-state index is 12.4. The Balaban J connectivity index is 2.17. The summed E-state index contributed by atoms with van der Waals surface area (Å²) in [7, 11) is 0. The maximum Gasteiger partial charge on any atom is 0.416 e. The molecule has 19 heavy (non-hydrogen) atoms. The lowest BCUT2D eigenvalue weighted by Crippen LogP contribution is -2.40. The van der Waals surface area contributed by atoms with E-state index in [1.807, 2.05) is 0 Å². The SMILES string of the molecule is O=C1OCO[C@]1(CBr)Cc1ccc(C(F)(F)F)cc1. The number of carbonyl (C=O) groups excluding carboxylic acids is 1. The van der Waals surface area contributed by atoms with Crippen molar-refractivity contribution in [3.8, 4) is 0 Å². The molecule has 1 fully saturated rings. The van der Waals surface area contributed by atoms with E-state index in [1.165, 1.54) is 12.1 Å². The van der Waals surface area contributed by atoms with E-state index in [2.05, 4.69) is 15.9 Å². The van der Waals surface area contributed by atoms with Crippen molar-refractivity contribution in [3.05, 3.63) is 35.4 Å². The number of esters is 1. The minimum Gasteiger partial charge on any atom is -0.436 e. The molecule has 1 aliphatic heterocycles. The molecular weight excluding hydrogens is 329 g/mol. The van der Waals surface area contributed by atoms with Crippen LogP contribution in [0, 0.1) is 0 Å². The summed E-state index contributed by atoms with van der Waals surface area (Å²) in [5, 5.41) is 0.222. The standard InChI is InChI=1S/C12H10BrF3O3/c13-6-11(10(17)18-7-19-11)5-8-1-3-9(4-2-8)12(14,15)16/h1-4H,5-7H2/t11-/m0/s1. The van der Waals surface area contributed by atoms with Crippen LogP contribution in [0.3, 0.4) is 0 Å². The molecule has 0 N–H and O–H groups in total. The first kappa shape index (κ1) is 14.3. The molecule has 1 heterocycles. The van der Waals surface area contributed by atoms with E-state index in [-0.39, 0.29) is 18.5 Å². The largest absolute Gasteiger partial charge is 0.436 e. The van der Waals surface area contributed by atoms with Crippen LogP contribution >= 0.6 is 15.9 Å². The van der Waals surface area contributed by atoms with Gasteiger partial charge in [-0.05, 0) is 17.7 Å². The molecule has 0 saturated carbocycles. The molecule has 1 aromatic rings. The highest BCUT2D eigenvalue weighted by Gasteiger charge is 2.45. The number of benzene rings is 1. The maximum absolute atomic E-state index is 12.4. The van der Waals surface area contributed by atoms with E-state index < -0.39 is 23.3 Å². The van der Waals surface area contributed by atoms with Crippen LogP contribution in [0.25, 0.3) is 0 Å². The lowest BCUT2D eigenvalue weighted by Gasteiger charge is -2.21. The van der Waals surface area contributed by atoms with Gasteiger partial charge in [-0.25, -0.2) is 4.79 Å². The van der Waals surface area contributed by atoms with E-state index in [0.717, 1.165) is 12.1 Å². The second kappa shape index (κ2) is 5.13. The van der Waals surface area contributed by atoms with E-state index >= 15 is 0 Å². The lowest BCUT2D eigenvalue weighted by molar-refractivity contribution is -0.142. The molecule has 1 atom stereocenters. The van der Waals surface area contributed by atoms with Crippen molar-refractivity contribution in [2.75, 3.05) is 12.1 Å². The number of rotatable bonds is 3. The summed E-state index contributed by atoms with van der Waals surface area (Å²) < 4.78 is 47.3. The second-order valence-corrected chi connectivity index (χ2v) is 4.75. The first-order valence-corrected chi connectivity index (χ1v) is 6.53. The van der Waals surface area contributed by atoms with Crippen molar-refractivity contribution in [1.82, 2.24) is 0 Å². The Hall–Kier alpha value is -1.08. The Morgan fingerprint density at radius 3 is 2.32 bits per heavy atom. The average molecular weight is 339 g/mol. The number of hydrogen-bond acceptors (Lipinski definition) is 3. The van der Waals surface area contributed by atoms with Gasteiger partial charge < -0.3 is 9.47 Å². The molecule has 7 heteroatoms. The highest BCUT2D eigenvalue weighted by atomic mass is 79.9. The summed E-state index contributed by atoms with van der Waals surface area (Å²) in [4.78, 5) is 11.6. The summed E-state index contributed by atoms with van der Waals surface area (Å²) in [6.07, 6.45) is -4.20. The van der Waals surface area contributed by atoms with Crippen molar-refractivity contribution in [1.29, 1.82) is 0 Å². The first-order chi connectivity index (χ1) is 8.87. The van der Waals surface area contributed by atoms with Gasteiger partial charge in [-0.15, -0.1) is 0 Å². The molecule has 0 bridgehead atoms. The highest BCUT2D eigenvalue weighted by molar-refractivity contribution is 9.09. The van der Waals surface area contributed by atoms with Crippen molar-refractivity contribution >= 4 is 21.9 Å². The Bertz CT molecular complexity index is 472. The van der Waals surface area contributed by atoms with Gasteiger partial charge in [-0.3, -0.25) is 0 Å². The van der Waals surface area contributed by atoms with Gasteiger partial charge >= 0.3 is 12.1 Å². The fourth-order valence-corrected chi connectivity index (χ4v) is 2.38. The van der Waals surface area contributed by atoms with Crippen molar-refractivity contribution < 1.29 is 27.4 Å². The molecular formula is C12H10BrF3O3. The zero-order valence-electron chi connectivity index (χ0n) is 9.67. The highest BCUT2D eigenvalue weighted by Crippen LogP contribution is 2.31. The van der Waals surface area contributed by atoms with Gasteiger partial charge in [0.25, 0.3) is 0 Å². The lowest BCUT2D eigenvalue weighted by atomic mass is 9.96. The number of cyclic esters (lactones) is 1. The van der Waals surface area contributed by atoms with Gasteiger partial charge in [0, 0.05) is 11.8 Å². The monoisotopic (exact) mass is 338 g/mol. The molecule has 0 aliphatic carbocycles. The molecule has 1 aromatic carbocycles. The number of halogens is 4. The number of carbonyl (C=O) groups is 1. The topological polar surface area (TPSA) is 35.5 Å². The number of ether oxygens (including phenoxy) is 2. The van der Waals surface area contributed by atoms with Crippen LogP contribution in [-0.2, 0) is 26.9 Å². The number of alkyl halides is 4. The van der Waals surface area contributed by atoms with Crippen LogP contribution in [0.4, 0.5) is 13.2 Å². The van der Waals surface area contributed by atoms with Gasteiger partial charge in [-0.2, -0.15) is 13.2 Å². The molecule has 1 saturated heterocycles. The minimum absolute atomic E-state index is 0.134. The predicted molar refractivity (Wildman–Crippen MR) is 63.7 cm³/mol. The summed E-state index contributed by atoms with van der Waals surface area (Å²) in [6.45, 7) is -0.134. The van der Waals surface area contributed by atoms with Crippen LogP contribution < -0.4 is 0 Å². The smallest absolute Gasteiger partial charge is 0.416 e. The zero-order chi connectivity index (χ0) is 14.1. The van der Waals surface area contributed by atoms with Crippen molar-refractivity contribution in [3.63, 3.8) is 0 Å². The normalized spacial score (nSPS) is 23.5. The van der Waals surface area contributed by atoms with Gasteiger partial charge in [-0.1, -0.05) is 28.1 Å². The van der Waals surface area contributed by atoms with Crippen molar-refractivity contribution in [2.24, 2.45) is 0 Å². The zero-order valence-corrected chi connectivity index (χ0v) is 11.3. The van der Waals surface area contributed by atoms with E-state index in [0.29, 0.717) is 5.56 Å². The van der Waals surface area contributed by atoms with Crippen LogP contribution in [0.1, 0.15) is 11.1 Å². The Morgan fingerprint density at radius 2 is 1.89 bits per heavy atom. The second-order valence-electron chi connectivity index (χ2n) is 4.19. The summed E-state index contributed by atoms with van der Waals surface area (Å²) in [6, 6.07) is 4.64. The molecule has 2 rings (SSSR count). The Kier molecular flexibility index (Phi) is 3.87. The summed E-state index contributed by atoms with van der Waals surface area (Å²) in [5.74, 6) is -0.510. The fraction of sp³-hybridized carbons (Fsp3) is 0.417. The minimum atomic E-state index is -4.37. The van der Waals surface area contributed by atoms with Gasteiger partial charge in [0.1, 0.15) is 0 Å². The van der Waals surface area contributed by atoms with Gasteiger partial charge in [0.15, 0.2) is 12.4 Å². The van der Waals surface area contributed by atoms with Gasteiger partial charge in [0.2, 0.25) is 0 Å². The Labute approximate surface area is 115 Å². The van der Waals surface area contributed by atoms with Gasteiger partial charge in [0.05, 0.1) is 5.56 Å². The third kappa shape index (κ3) is 2.92. The predicted octanol–water partition coefficient (Wildman–Crippen LogP) is 2.91. The van der Waals surface area contributed by atoms with E-state index in [4.69, 9.17) is 9.47 Å². The molecule has 0 aromatic heterocycles. The third-order valence-corrected chi connectivity index (χ3v) is 3.79. The summed E-state index contributed by atoms with van der Waals surface area (Å²) >= 11 is 3.17. The van der Waals surface area contributed by atoms with E-state index in [9.17, 15) is 18.0 Å². The Morgan fingerprint density at radius 1 is 1.26 bits per heavy atom. The molecule has 104 valence electrons. The van der Waals surface area contributed by atoms with Crippen LogP contribution in [0.5, 0.6) is 0 Å². The molecule has 0 unspecified atom stereocenters. The molecule has 1 aliphatic rings. The molecule has 3 nitrogen and oxygen atoms in total. The molecule has 0 spiro atoms. The fourth-order valence-electron chi connectivity index (χ4n) is 1.79.